The molecule has 0 saturated carbocycles. The number of ether oxygens (including phenoxy) is 1. The van der Waals surface area contributed by atoms with Gasteiger partial charge in [-0.05, 0) is 37.6 Å². The zero-order valence-corrected chi connectivity index (χ0v) is 15.3. The second-order valence-corrected chi connectivity index (χ2v) is 6.25. The molecule has 0 spiro atoms. The van der Waals surface area contributed by atoms with Gasteiger partial charge in [-0.2, -0.15) is 0 Å². The maximum Gasteiger partial charge on any atom is 0.338 e. The lowest BCUT2D eigenvalue weighted by Gasteiger charge is -2.26. The van der Waals surface area contributed by atoms with E-state index in [0.29, 0.717) is 12.2 Å². The van der Waals surface area contributed by atoms with Crippen molar-refractivity contribution in [1.82, 2.24) is 4.90 Å². The third-order valence-corrected chi connectivity index (χ3v) is 3.83. The average Bonchev–Trinajstić information content (AvgIpc) is 2.64. The zero-order chi connectivity index (χ0) is 19.8. The molecule has 7 heteroatoms. The number of primary amides is 1. The number of nitrogens with two attached hydrogens (primary N) is 1. The molecule has 2 aromatic rings. The smallest absolute Gasteiger partial charge is 0.338 e. The molecular weight excluding hydrogens is 346 g/mol. The van der Waals surface area contributed by atoms with E-state index in [1.54, 1.807) is 17.0 Å². The highest BCUT2D eigenvalue weighted by molar-refractivity contribution is 5.94. The third-order valence-electron chi connectivity index (χ3n) is 3.83. The predicted molar refractivity (Wildman–Crippen MR) is 102 cm³/mol. The molecule has 0 radical (unpaired) electrons. The molecule has 0 aliphatic heterocycles. The Bertz CT molecular complexity index is 806. The normalized spacial score (nSPS) is 10.3. The fourth-order valence-corrected chi connectivity index (χ4v) is 2.50. The van der Waals surface area contributed by atoms with Gasteiger partial charge in [0.05, 0.1) is 5.56 Å². The van der Waals surface area contributed by atoms with Crippen molar-refractivity contribution >= 4 is 23.6 Å². The molecule has 0 atom stereocenters. The highest BCUT2D eigenvalue weighted by Crippen LogP contribution is 2.13. The second-order valence-electron chi connectivity index (χ2n) is 6.25. The van der Waals surface area contributed by atoms with Gasteiger partial charge in [0.15, 0.2) is 6.61 Å². The molecule has 3 amide bonds. The van der Waals surface area contributed by atoms with Crippen LogP contribution < -0.4 is 11.1 Å². The molecule has 3 N–H and O–H groups in total. The van der Waals surface area contributed by atoms with Gasteiger partial charge in [0.2, 0.25) is 0 Å². The molecule has 0 saturated heterocycles. The number of rotatable bonds is 7. The van der Waals surface area contributed by atoms with Gasteiger partial charge < -0.3 is 20.7 Å². The Labute approximate surface area is 158 Å². The minimum Gasteiger partial charge on any atom is -0.452 e. The van der Waals surface area contributed by atoms with Gasteiger partial charge in [0.25, 0.3) is 5.91 Å². The molecule has 0 heterocycles. The number of amides is 3. The first-order valence-corrected chi connectivity index (χ1v) is 8.54. The van der Waals surface area contributed by atoms with E-state index in [2.05, 4.69) is 5.32 Å². The fourth-order valence-electron chi connectivity index (χ4n) is 2.50. The number of carbonyl (C=O) groups is 3. The Morgan fingerprint density at radius 2 is 1.78 bits per heavy atom. The van der Waals surface area contributed by atoms with Crippen LogP contribution in [0.3, 0.4) is 0 Å². The Kier molecular flexibility index (Phi) is 6.93. The summed E-state index contributed by atoms with van der Waals surface area (Å²) in [4.78, 5) is 37.3. The van der Waals surface area contributed by atoms with Crippen molar-refractivity contribution < 1.29 is 19.1 Å². The number of esters is 1. The molecule has 0 fully saturated rings. The minimum atomic E-state index is -0.732. The summed E-state index contributed by atoms with van der Waals surface area (Å²) in [5.41, 5.74) is 6.64. The summed E-state index contributed by atoms with van der Waals surface area (Å²) in [6, 6.07) is 15.0. The van der Waals surface area contributed by atoms with E-state index in [0.717, 1.165) is 5.56 Å². The van der Waals surface area contributed by atoms with Crippen molar-refractivity contribution in [3.63, 3.8) is 0 Å². The molecule has 2 aromatic carbocycles. The van der Waals surface area contributed by atoms with E-state index in [9.17, 15) is 14.4 Å². The van der Waals surface area contributed by atoms with E-state index < -0.39 is 12.0 Å². The van der Waals surface area contributed by atoms with Crippen LogP contribution in [0.2, 0.25) is 0 Å². The number of hydrogen-bond acceptors (Lipinski definition) is 4. The third kappa shape index (κ3) is 6.14. The molecule has 0 aliphatic rings. The molecule has 0 bridgehead atoms. The van der Waals surface area contributed by atoms with E-state index in [4.69, 9.17) is 10.5 Å². The number of benzene rings is 2. The molecule has 142 valence electrons. The van der Waals surface area contributed by atoms with E-state index in [-0.39, 0.29) is 24.1 Å². The quantitative estimate of drug-likeness (QED) is 0.733. The van der Waals surface area contributed by atoms with Gasteiger partial charge in [0, 0.05) is 18.3 Å². The standard InChI is InChI=1S/C20H23N3O4/c1-14(2)23(12-15-7-4-3-5-8-15)18(24)13-27-19(25)16-9-6-10-17(11-16)22-20(21)26/h3-11,14H,12-13H2,1-2H3,(H3,21,22,26). The summed E-state index contributed by atoms with van der Waals surface area (Å²) in [7, 11) is 0. The Morgan fingerprint density at radius 1 is 1.07 bits per heavy atom. The number of carbonyl (C=O) groups excluding carboxylic acids is 3. The van der Waals surface area contributed by atoms with Gasteiger partial charge in [-0.15, -0.1) is 0 Å². The van der Waals surface area contributed by atoms with Crippen molar-refractivity contribution in [2.24, 2.45) is 5.73 Å². The van der Waals surface area contributed by atoms with Crippen LogP contribution in [0.15, 0.2) is 54.6 Å². The van der Waals surface area contributed by atoms with Gasteiger partial charge >= 0.3 is 12.0 Å². The predicted octanol–water partition coefficient (Wildman–Crippen LogP) is 2.77. The topological polar surface area (TPSA) is 102 Å². The summed E-state index contributed by atoms with van der Waals surface area (Å²) in [5, 5.41) is 2.38. The molecule has 27 heavy (non-hydrogen) atoms. The van der Waals surface area contributed by atoms with Crippen molar-refractivity contribution in [3.05, 3.63) is 65.7 Å². The zero-order valence-electron chi connectivity index (χ0n) is 15.3. The van der Waals surface area contributed by atoms with Crippen LogP contribution in [-0.2, 0) is 16.1 Å². The van der Waals surface area contributed by atoms with Crippen molar-refractivity contribution in [1.29, 1.82) is 0 Å². The first-order chi connectivity index (χ1) is 12.9. The van der Waals surface area contributed by atoms with Crippen LogP contribution >= 0.6 is 0 Å². The Morgan fingerprint density at radius 3 is 2.41 bits per heavy atom. The van der Waals surface area contributed by atoms with Gasteiger partial charge in [-0.3, -0.25) is 4.79 Å². The molecule has 0 unspecified atom stereocenters. The maximum atomic E-state index is 12.5. The summed E-state index contributed by atoms with van der Waals surface area (Å²) in [5.74, 6) is -0.937. The number of hydrogen-bond donors (Lipinski definition) is 2. The van der Waals surface area contributed by atoms with Gasteiger partial charge in [0.1, 0.15) is 0 Å². The molecule has 7 nitrogen and oxygen atoms in total. The number of nitrogens with zero attached hydrogens (tertiary/aromatic N) is 1. The van der Waals surface area contributed by atoms with E-state index in [1.807, 2.05) is 44.2 Å². The van der Waals surface area contributed by atoms with Crippen LogP contribution in [0, 0.1) is 0 Å². The highest BCUT2D eigenvalue weighted by Gasteiger charge is 2.19. The van der Waals surface area contributed by atoms with Crippen LogP contribution in [0.4, 0.5) is 10.5 Å². The molecular formula is C20H23N3O4. The Balaban J connectivity index is 1.98. The number of nitrogens with one attached hydrogen (secondary N) is 1. The number of urea groups is 1. The van der Waals surface area contributed by atoms with Crippen molar-refractivity contribution in [2.45, 2.75) is 26.4 Å². The monoisotopic (exact) mass is 369 g/mol. The van der Waals surface area contributed by atoms with Crippen molar-refractivity contribution in [2.75, 3.05) is 11.9 Å². The SMILES string of the molecule is CC(C)N(Cc1ccccc1)C(=O)COC(=O)c1cccc(NC(N)=O)c1. The maximum absolute atomic E-state index is 12.5. The lowest BCUT2D eigenvalue weighted by Crippen LogP contribution is -2.39. The van der Waals surface area contributed by atoms with Crippen LogP contribution in [0.1, 0.15) is 29.8 Å². The second kappa shape index (κ2) is 9.38. The van der Waals surface area contributed by atoms with Crippen LogP contribution in [0.25, 0.3) is 0 Å². The summed E-state index contributed by atoms with van der Waals surface area (Å²) in [6.45, 7) is 3.88. The minimum absolute atomic E-state index is 0.0421. The van der Waals surface area contributed by atoms with Crippen LogP contribution in [0.5, 0.6) is 0 Å². The first-order valence-electron chi connectivity index (χ1n) is 8.54. The van der Waals surface area contributed by atoms with E-state index in [1.165, 1.54) is 12.1 Å². The number of anilines is 1. The lowest BCUT2D eigenvalue weighted by molar-refractivity contribution is -0.136. The van der Waals surface area contributed by atoms with E-state index >= 15 is 0 Å². The Hall–Kier alpha value is -3.35. The fraction of sp³-hybridized carbons (Fsp3) is 0.250. The summed E-state index contributed by atoms with van der Waals surface area (Å²) < 4.78 is 5.14. The van der Waals surface area contributed by atoms with Crippen LogP contribution in [-0.4, -0.2) is 35.5 Å². The van der Waals surface area contributed by atoms with Crippen molar-refractivity contribution in [3.8, 4) is 0 Å². The molecule has 2 rings (SSSR count). The largest absolute Gasteiger partial charge is 0.452 e. The van der Waals surface area contributed by atoms with Gasteiger partial charge in [-0.25, -0.2) is 9.59 Å². The summed E-state index contributed by atoms with van der Waals surface area (Å²) >= 11 is 0. The summed E-state index contributed by atoms with van der Waals surface area (Å²) in [6.07, 6.45) is 0. The molecule has 0 aliphatic carbocycles. The lowest BCUT2D eigenvalue weighted by atomic mass is 10.2. The first kappa shape index (κ1) is 20.0. The molecule has 0 aromatic heterocycles. The highest BCUT2D eigenvalue weighted by atomic mass is 16.5. The average molecular weight is 369 g/mol. The van der Waals surface area contributed by atoms with Gasteiger partial charge in [-0.1, -0.05) is 36.4 Å².